The van der Waals surface area contributed by atoms with Crippen LogP contribution in [0.3, 0.4) is 0 Å². The van der Waals surface area contributed by atoms with Gasteiger partial charge in [0.15, 0.2) is 0 Å². The molecule has 0 aliphatic carbocycles. The molecule has 2 aliphatic heterocycles. The SMILES string of the molecule is Cc1occc1C(=O)N1CCC2(CC1)CO[C@@H](COc1ccccn1)C2. The number of piperidine rings is 1. The Labute approximate surface area is 153 Å². The first-order valence-corrected chi connectivity index (χ1v) is 9.14. The first-order chi connectivity index (χ1) is 12.7. The molecule has 6 nitrogen and oxygen atoms in total. The lowest BCUT2D eigenvalue weighted by Gasteiger charge is -2.38. The van der Waals surface area contributed by atoms with Crippen molar-refractivity contribution in [2.24, 2.45) is 5.41 Å². The lowest BCUT2D eigenvalue weighted by atomic mass is 9.76. The van der Waals surface area contributed by atoms with Crippen LogP contribution >= 0.6 is 0 Å². The van der Waals surface area contributed by atoms with Crippen molar-refractivity contribution in [1.29, 1.82) is 0 Å². The number of furan rings is 1. The number of nitrogens with zero attached hydrogens (tertiary/aromatic N) is 2. The van der Waals surface area contributed by atoms with Gasteiger partial charge in [-0.15, -0.1) is 0 Å². The van der Waals surface area contributed by atoms with Crippen molar-refractivity contribution >= 4 is 5.91 Å². The monoisotopic (exact) mass is 356 g/mol. The minimum Gasteiger partial charge on any atom is -0.475 e. The summed E-state index contributed by atoms with van der Waals surface area (Å²) in [5.74, 6) is 1.39. The highest BCUT2D eigenvalue weighted by Crippen LogP contribution is 2.42. The molecule has 0 aromatic carbocycles. The van der Waals surface area contributed by atoms with Crippen molar-refractivity contribution < 1.29 is 18.7 Å². The van der Waals surface area contributed by atoms with E-state index in [1.807, 2.05) is 30.0 Å². The van der Waals surface area contributed by atoms with Gasteiger partial charge in [0.1, 0.15) is 12.4 Å². The second kappa shape index (κ2) is 7.11. The molecule has 4 rings (SSSR count). The summed E-state index contributed by atoms with van der Waals surface area (Å²) in [4.78, 5) is 18.7. The first-order valence-electron chi connectivity index (χ1n) is 9.14. The molecule has 0 N–H and O–H groups in total. The fourth-order valence-electron chi connectivity index (χ4n) is 3.92. The Morgan fingerprint density at radius 1 is 1.35 bits per heavy atom. The molecule has 6 heteroatoms. The van der Waals surface area contributed by atoms with E-state index in [2.05, 4.69) is 4.98 Å². The minimum atomic E-state index is 0.0695. The minimum absolute atomic E-state index is 0.0695. The number of amides is 1. The van der Waals surface area contributed by atoms with Gasteiger partial charge >= 0.3 is 0 Å². The highest BCUT2D eigenvalue weighted by atomic mass is 16.5. The number of hydrogen-bond acceptors (Lipinski definition) is 5. The Hall–Kier alpha value is -2.34. The van der Waals surface area contributed by atoms with Crippen molar-refractivity contribution in [3.8, 4) is 5.88 Å². The Kier molecular flexibility index (Phi) is 4.68. The molecular formula is C20H24N2O4. The van der Waals surface area contributed by atoms with Crippen LogP contribution in [0, 0.1) is 12.3 Å². The van der Waals surface area contributed by atoms with Crippen LogP contribution in [-0.2, 0) is 4.74 Å². The zero-order valence-corrected chi connectivity index (χ0v) is 15.0. The predicted molar refractivity (Wildman–Crippen MR) is 95.1 cm³/mol. The van der Waals surface area contributed by atoms with E-state index in [1.165, 1.54) is 0 Å². The molecule has 0 saturated carbocycles. The number of ether oxygens (including phenoxy) is 2. The molecule has 26 heavy (non-hydrogen) atoms. The molecule has 2 saturated heterocycles. The molecule has 0 radical (unpaired) electrons. The maximum Gasteiger partial charge on any atom is 0.257 e. The topological polar surface area (TPSA) is 64.8 Å². The zero-order valence-electron chi connectivity index (χ0n) is 15.0. The van der Waals surface area contributed by atoms with Gasteiger partial charge in [-0.05, 0) is 43.7 Å². The van der Waals surface area contributed by atoms with Gasteiger partial charge < -0.3 is 18.8 Å². The Morgan fingerprint density at radius 3 is 2.88 bits per heavy atom. The number of rotatable bonds is 4. The highest BCUT2D eigenvalue weighted by Gasteiger charge is 2.43. The maximum absolute atomic E-state index is 12.6. The standard InChI is InChI=1S/C20H24N2O4/c1-15-17(5-11-24-15)19(23)22-9-6-20(7-10-22)12-16(26-14-20)13-25-18-4-2-3-8-21-18/h2-5,8,11,16H,6-7,9-10,12-14H2,1H3/t16-/m1/s1. The van der Waals surface area contributed by atoms with E-state index in [0.717, 1.165) is 39.0 Å². The normalized spacial score (nSPS) is 21.9. The van der Waals surface area contributed by atoms with E-state index in [-0.39, 0.29) is 17.4 Å². The number of carbonyl (C=O) groups excluding carboxylic acids is 1. The van der Waals surface area contributed by atoms with Crippen LogP contribution in [-0.4, -0.2) is 48.2 Å². The number of carbonyl (C=O) groups is 1. The molecule has 1 amide bonds. The van der Waals surface area contributed by atoms with E-state index >= 15 is 0 Å². The summed E-state index contributed by atoms with van der Waals surface area (Å²) in [6.45, 7) is 4.63. The van der Waals surface area contributed by atoms with Crippen LogP contribution in [0.25, 0.3) is 0 Å². The molecular weight excluding hydrogens is 332 g/mol. The van der Waals surface area contributed by atoms with Gasteiger partial charge in [-0.2, -0.15) is 0 Å². The first kappa shape index (κ1) is 17.1. The maximum atomic E-state index is 12.6. The third-order valence-corrected chi connectivity index (χ3v) is 5.54. The van der Waals surface area contributed by atoms with Crippen molar-refractivity contribution in [3.05, 3.63) is 48.0 Å². The van der Waals surface area contributed by atoms with Crippen LogP contribution in [0.15, 0.2) is 41.1 Å². The summed E-state index contributed by atoms with van der Waals surface area (Å²) in [5.41, 5.74) is 0.839. The van der Waals surface area contributed by atoms with E-state index in [0.29, 0.717) is 23.8 Å². The van der Waals surface area contributed by atoms with E-state index in [9.17, 15) is 4.79 Å². The van der Waals surface area contributed by atoms with Crippen molar-refractivity contribution in [2.45, 2.75) is 32.3 Å². The summed E-state index contributed by atoms with van der Waals surface area (Å²) in [5, 5.41) is 0. The fourth-order valence-corrected chi connectivity index (χ4v) is 3.92. The average molecular weight is 356 g/mol. The van der Waals surface area contributed by atoms with E-state index < -0.39 is 0 Å². The Balaban J connectivity index is 1.29. The number of aromatic nitrogens is 1. The summed E-state index contributed by atoms with van der Waals surface area (Å²) in [7, 11) is 0. The second-order valence-corrected chi connectivity index (χ2v) is 7.30. The van der Waals surface area contributed by atoms with Gasteiger partial charge in [0.25, 0.3) is 5.91 Å². The van der Waals surface area contributed by atoms with E-state index in [4.69, 9.17) is 13.9 Å². The number of likely N-dealkylation sites (tertiary alicyclic amines) is 1. The van der Waals surface area contributed by atoms with Crippen LogP contribution in [0.1, 0.15) is 35.4 Å². The number of aryl methyl sites for hydroxylation is 1. The number of pyridine rings is 1. The summed E-state index contributed by atoms with van der Waals surface area (Å²) in [6.07, 6.45) is 6.31. The smallest absolute Gasteiger partial charge is 0.257 e. The molecule has 4 heterocycles. The summed E-state index contributed by atoms with van der Waals surface area (Å²) >= 11 is 0. The molecule has 1 spiro atoms. The van der Waals surface area contributed by atoms with Crippen LogP contribution in [0.5, 0.6) is 5.88 Å². The quantitative estimate of drug-likeness (QED) is 0.842. The lowest BCUT2D eigenvalue weighted by Crippen LogP contribution is -2.43. The van der Waals surface area contributed by atoms with Crippen molar-refractivity contribution in [3.63, 3.8) is 0 Å². The molecule has 0 bridgehead atoms. The van der Waals surface area contributed by atoms with Gasteiger partial charge in [-0.3, -0.25) is 4.79 Å². The third kappa shape index (κ3) is 3.46. The summed E-state index contributed by atoms with van der Waals surface area (Å²) < 4.78 is 17.0. The van der Waals surface area contributed by atoms with Crippen molar-refractivity contribution in [1.82, 2.24) is 9.88 Å². The molecule has 2 aromatic heterocycles. The van der Waals surface area contributed by atoms with Crippen LogP contribution in [0.4, 0.5) is 0 Å². The van der Waals surface area contributed by atoms with Gasteiger partial charge in [0.2, 0.25) is 5.88 Å². The highest BCUT2D eigenvalue weighted by molar-refractivity contribution is 5.95. The molecule has 0 unspecified atom stereocenters. The summed E-state index contributed by atoms with van der Waals surface area (Å²) in [6, 6.07) is 7.39. The molecule has 1 atom stereocenters. The average Bonchev–Trinajstić information content (AvgIpc) is 3.27. The lowest BCUT2D eigenvalue weighted by molar-refractivity contribution is 0.0422. The fraction of sp³-hybridized carbons (Fsp3) is 0.500. The number of hydrogen-bond donors (Lipinski definition) is 0. The van der Waals surface area contributed by atoms with Crippen LogP contribution < -0.4 is 4.74 Å². The predicted octanol–water partition coefficient (Wildman–Crippen LogP) is 3.07. The molecule has 2 aliphatic rings. The molecule has 138 valence electrons. The largest absolute Gasteiger partial charge is 0.475 e. The van der Waals surface area contributed by atoms with Gasteiger partial charge in [-0.1, -0.05) is 6.07 Å². The Bertz CT molecular complexity index is 750. The van der Waals surface area contributed by atoms with Gasteiger partial charge in [0, 0.05) is 25.4 Å². The van der Waals surface area contributed by atoms with Gasteiger partial charge in [-0.25, -0.2) is 4.98 Å². The van der Waals surface area contributed by atoms with Crippen LogP contribution in [0.2, 0.25) is 0 Å². The molecule has 2 fully saturated rings. The van der Waals surface area contributed by atoms with E-state index in [1.54, 1.807) is 18.5 Å². The van der Waals surface area contributed by atoms with Crippen molar-refractivity contribution in [2.75, 3.05) is 26.3 Å². The zero-order chi connectivity index (χ0) is 18.0. The molecule has 2 aromatic rings. The Morgan fingerprint density at radius 2 is 2.19 bits per heavy atom. The third-order valence-electron chi connectivity index (χ3n) is 5.54. The second-order valence-electron chi connectivity index (χ2n) is 7.30. The van der Waals surface area contributed by atoms with Gasteiger partial charge in [0.05, 0.1) is 24.5 Å².